The Bertz CT molecular complexity index is 837. The molecule has 0 saturated heterocycles. The summed E-state index contributed by atoms with van der Waals surface area (Å²) in [5.41, 5.74) is 3.51. The monoisotopic (exact) mass is 337 g/mol. The lowest BCUT2D eigenvalue weighted by atomic mass is 10.1. The van der Waals surface area contributed by atoms with Gasteiger partial charge in [0.05, 0.1) is 12.1 Å². The summed E-state index contributed by atoms with van der Waals surface area (Å²) in [7, 11) is 0. The van der Waals surface area contributed by atoms with Gasteiger partial charge in [0.15, 0.2) is 0 Å². The molecule has 1 aromatic carbocycles. The number of carbonyl (C=O) groups is 1. The molecule has 2 aromatic heterocycles. The van der Waals surface area contributed by atoms with E-state index < -0.39 is 0 Å². The molecule has 24 heavy (non-hydrogen) atoms. The number of benzene rings is 1. The van der Waals surface area contributed by atoms with Crippen LogP contribution in [0.25, 0.3) is 11.3 Å². The van der Waals surface area contributed by atoms with Gasteiger partial charge in [-0.3, -0.25) is 14.8 Å². The number of hydrogen-bond acceptors (Lipinski definition) is 3. The number of nitrogens with zero attached hydrogens (tertiary/aromatic N) is 2. The van der Waals surface area contributed by atoms with Gasteiger partial charge in [-0.1, -0.05) is 35.9 Å². The van der Waals surface area contributed by atoms with Crippen molar-refractivity contribution in [3.63, 3.8) is 0 Å². The van der Waals surface area contributed by atoms with Crippen LogP contribution in [0.2, 0.25) is 5.02 Å². The molecule has 0 atom stereocenters. The number of hydrogen-bond donors (Lipinski definition) is 1. The van der Waals surface area contributed by atoms with Gasteiger partial charge in [-0.05, 0) is 35.4 Å². The number of amides is 1. The second-order valence-corrected chi connectivity index (χ2v) is 5.70. The van der Waals surface area contributed by atoms with Crippen molar-refractivity contribution in [3.05, 3.63) is 83.3 Å². The Morgan fingerprint density at radius 2 is 1.79 bits per heavy atom. The Morgan fingerprint density at radius 3 is 2.58 bits per heavy atom. The summed E-state index contributed by atoms with van der Waals surface area (Å²) >= 11 is 6.09. The van der Waals surface area contributed by atoms with Crippen molar-refractivity contribution in [1.29, 1.82) is 0 Å². The van der Waals surface area contributed by atoms with Gasteiger partial charge in [-0.2, -0.15) is 0 Å². The molecule has 0 aliphatic carbocycles. The third-order valence-corrected chi connectivity index (χ3v) is 3.98. The van der Waals surface area contributed by atoms with Crippen LogP contribution in [-0.2, 0) is 17.8 Å². The maximum atomic E-state index is 12.2. The van der Waals surface area contributed by atoms with Gasteiger partial charge in [0, 0.05) is 35.7 Å². The summed E-state index contributed by atoms with van der Waals surface area (Å²) in [5.74, 6) is -0.0795. The molecule has 1 N–H and O–H groups in total. The highest BCUT2D eigenvalue weighted by Gasteiger charge is 2.09. The molecule has 0 unspecified atom stereocenters. The molecule has 0 aliphatic heterocycles. The SMILES string of the molecule is O=C(Cc1ccccc1Cl)NCc1cccnc1-c1cccnc1. The molecular formula is C19H16ClN3O. The Hall–Kier alpha value is -2.72. The van der Waals surface area contributed by atoms with Gasteiger partial charge in [-0.25, -0.2) is 0 Å². The second-order valence-electron chi connectivity index (χ2n) is 5.30. The van der Waals surface area contributed by atoms with Gasteiger partial charge < -0.3 is 5.32 Å². The molecule has 0 aliphatic rings. The van der Waals surface area contributed by atoms with Crippen LogP contribution in [0.3, 0.4) is 0 Å². The highest BCUT2D eigenvalue weighted by Crippen LogP contribution is 2.20. The van der Waals surface area contributed by atoms with Gasteiger partial charge in [0.2, 0.25) is 5.91 Å². The first-order valence-corrected chi connectivity index (χ1v) is 7.96. The first-order valence-electron chi connectivity index (χ1n) is 7.58. The van der Waals surface area contributed by atoms with E-state index in [0.717, 1.165) is 22.4 Å². The molecule has 0 radical (unpaired) electrons. The molecule has 4 nitrogen and oxygen atoms in total. The van der Waals surface area contributed by atoms with E-state index in [1.807, 2.05) is 42.5 Å². The highest BCUT2D eigenvalue weighted by molar-refractivity contribution is 6.31. The van der Waals surface area contributed by atoms with E-state index in [0.29, 0.717) is 11.6 Å². The van der Waals surface area contributed by atoms with Crippen LogP contribution in [0.1, 0.15) is 11.1 Å². The molecule has 0 spiro atoms. The Morgan fingerprint density at radius 1 is 1.00 bits per heavy atom. The average Bonchev–Trinajstić information content (AvgIpc) is 2.63. The maximum Gasteiger partial charge on any atom is 0.224 e. The zero-order chi connectivity index (χ0) is 16.8. The van der Waals surface area contributed by atoms with E-state index in [2.05, 4.69) is 15.3 Å². The molecule has 3 aromatic rings. The number of rotatable bonds is 5. The molecular weight excluding hydrogens is 322 g/mol. The van der Waals surface area contributed by atoms with Gasteiger partial charge in [0.25, 0.3) is 0 Å². The number of halogens is 1. The Labute approximate surface area is 145 Å². The lowest BCUT2D eigenvalue weighted by Gasteiger charge is -2.10. The van der Waals surface area contributed by atoms with Gasteiger partial charge in [-0.15, -0.1) is 0 Å². The zero-order valence-electron chi connectivity index (χ0n) is 12.9. The van der Waals surface area contributed by atoms with Crippen LogP contribution in [-0.4, -0.2) is 15.9 Å². The quantitative estimate of drug-likeness (QED) is 0.773. The topological polar surface area (TPSA) is 54.9 Å². The molecule has 120 valence electrons. The lowest BCUT2D eigenvalue weighted by molar-refractivity contribution is -0.120. The number of pyridine rings is 2. The van der Waals surface area contributed by atoms with Crippen LogP contribution in [0, 0.1) is 0 Å². The summed E-state index contributed by atoms with van der Waals surface area (Å²) in [6, 6.07) is 15.0. The summed E-state index contributed by atoms with van der Waals surface area (Å²) < 4.78 is 0. The van der Waals surface area contributed by atoms with Crippen molar-refractivity contribution >= 4 is 17.5 Å². The third-order valence-electron chi connectivity index (χ3n) is 3.61. The highest BCUT2D eigenvalue weighted by atomic mass is 35.5. The van der Waals surface area contributed by atoms with Crippen LogP contribution < -0.4 is 5.32 Å². The Balaban J connectivity index is 1.69. The summed E-state index contributed by atoms with van der Waals surface area (Å²) in [6.45, 7) is 0.404. The second kappa shape index (κ2) is 7.70. The standard InChI is InChI=1S/C19H16ClN3O/c20-17-8-2-1-5-14(17)11-18(24)23-13-16-7-4-10-22-19(16)15-6-3-9-21-12-15/h1-10,12H,11,13H2,(H,23,24). The van der Waals surface area contributed by atoms with E-state index in [9.17, 15) is 4.79 Å². The van der Waals surface area contributed by atoms with Crippen molar-refractivity contribution in [2.45, 2.75) is 13.0 Å². The zero-order valence-corrected chi connectivity index (χ0v) is 13.7. The summed E-state index contributed by atoms with van der Waals surface area (Å²) in [4.78, 5) is 20.7. The molecule has 0 fully saturated rings. The first kappa shape index (κ1) is 16.1. The summed E-state index contributed by atoms with van der Waals surface area (Å²) in [6.07, 6.45) is 5.47. The molecule has 0 bridgehead atoms. The fraction of sp³-hybridized carbons (Fsp3) is 0.105. The van der Waals surface area contributed by atoms with E-state index in [-0.39, 0.29) is 12.3 Å². The van der Waals surface area contributed by atoms with E-state index in [4.69, 9.17) is 11.6 Å². The number of nitrogens with one attached hydrogen (secondary N) is 1. The fourth-order valence-electron chi connectivity index (χ4n) is 2.42. The first-order chi connectivity index (χ1) is 11.7. The van der Waals surface area contributed by atoms with Crippen LogP contribution >= 0.6 is 11.6 Å². The van der Waals surface area contributed by atoms with E-state index in [1.54, 1.807) is 24.7 Å². The van der Waals surface area contributed by atoms with Gasteiger partial charge >= 0.3 is 0 Å². The molecule has 3 rings (SSSR count). The summed E-state index contributed by atoms with van der Waals surface area (Å²) in [5, 5.41) is 3.53. The molecule has 1 amide bonds. The number of aromatic nitrogens is 2. The third kappa shape index (κ3) is 3.97. The minimum Gasteiger partial charge on any atom is -0.352 e. The van der Waals surface area contributed by atoms with Crippen LogP contribution in [0.4, 0.5) is 0 Å². The fourth-order valence-corrected chi connectivity index (χ4v) is 2.62. The minimum atomic E-state index is -0.0795. The largest absolute Gasteiger partial charge is 0.352 e. The van der Waals surface area contributed by atoms with Crippen molar-refractivity contribution in [1.82, 2.24) is 15.3 Å². The van der Waals surface area contributed by atoms with Crippen molar-refractivity contribution in [2.24, 2.45) is 0 Å². The lowest BCUT2D eigenvalue weighted by Crippen LogP contribution is -2.25. The number of carbonyl (C=O) groups excluding carboxylic acids is 1. The molecule has 5 heteroatoms. The smallest absolute Gasteiger partial charge is 0.224 e. The average molecular weight is 338 g/mol. The van der Waals surface area contributed by atoms with Crippen molar-refractivity contribution in [3.8, 4) is 11.3 Å². The minimum absolute atomic E-state index is 0.0795. The van der Waals surface area contributed by atoms with Crippen molar-refractivity contribution < 1.29 is 4.79 Å². The maximum absolute atomic E-state index is 12.2. The predicted octanol–water partition coefficient (Wildman–Crippen LogP) is 3.66. The van der Waals surface area contributed by atoms with E-state index >= 15 is 0 Å². The molecule has 2 heterocycles. The van der Waals surface area contributed by atoms with Gasteiger partial charge in [0.1, 0.15) is 0 Å². The van der Waals surface area contributed by atoms with Crippen LogP contribution in [0.15, 0.2) is 67.1 Å². The van der Waals surface area contributed by atoms with E-state index in [1.165, 1.54) is 0 Å². The predicted molar refractivity (Wildman–Crippen MR) is 94.5 cm³/mol. The van der Waals surface area contributed by atoms with Crippen molar-refractivity contribution in [2.75, 3.05) is 0 Å². The Kier molecular flexibility index (Phi) is 5.18. The normalized spacial score (nSPS) is 10.4. The van der Waals surface area contributed by atoms with Crippen LogP contribution in [0.5, 0.6) is 0 Å². The molecule has 0 saturated carbocycles.